The molecular formula is C19H22N4O2S. The zero-order chi connectivity index (χ0) is 18.4. The highest BCUT2D eigenvalue weighted by Crippen LogP contribution is 2.24. The third kappa shape index (κ3) is 4.35. The van der Waals surface area contributed by atoms with Gasteiger partial charge in [0.15, 0.2) is 0 Å². The lowest BCUT2D eigenvalue weighted by Gasteiger charge is -2.10. The van der Waals surface area contributed by atoms with Crippen LogP contribution in [0.15, 0.2) is 47.6 Å². The number of nitrogens with zero attached hydrogens (tertiary/aromatic N) is 4. The second-order valence-electron chi connectivity index (χ2n) is 5.84. The fourth-order valence-electron chi connectivity index (χ4n) is 2.63. The number of hydrogen-bond acceptors (Lipinski definition) is 6. The van der Waals surface area contributed by atoms with Crippen LogP contribution < -0.4 is 9.47 Å². The molecule has 0 bridgehead atoms. The topological polar surface area (TPSA) is 62.1 Å². The Morgan fingerprint density at radius 3 is 2.38 bits per heavy atom. The molecule has 2 aromatic carbocycles. The van der Waals surface area contributed by atoms with Gasteiger partial charge in [0.25, 0.3) is 0 Å². The fourth-order valence-corrected chi connectivity index (χ4v) is 3.42. The summed E-state index contributed by atoms with van der Waals surface area (Å²) in [7, 11) is 1.65. The van der Waals surface area contributed by atoms with E-state index in [0.717, 1.165) is 45.6 Å². The first kappa shape index (κ1) is 18.3. The number of tetrazole rings is 1. The van der Waals surface area contributed by atoms with E-state index in [-0.39, 0.29) is 0 Å². The zero-order valence-corrected chi connectivity index (χ0v) is 16.0. The highest BCUT2D eigenvalue weighted by Gasteiger charge is 2.12. The van der Waals surface area contributed by atoms with Gasteiger partial charge in [-0.1, -0.05) is 30.0 Å². The molecule has 0 amide bonds. The van der Waals surface area contributed by atoms with Gasteiger partial charge in [-0.2, -0.15) is 4.68 Å². The van der Waals surface area contributed by atoms with Crippen molar-refractivity contribution in [2.24, 2.45) is 0 Å². The summed E-state index contributed by atoms with van der Waals surface area (Å²) in [6, 6.07) is 13.8. The van der Waals surface area contributed by atoms with Crippen LogP contribution in [0, 0.1) is 13.8 Å². The molecule has 1 heterocycles. The molecule has 0 unspecified atom stereocenters. The van der Waals surface area contributed by atoms with Gasteiger partial charge in [-0.25, -0.2) is 0 Å². The minimum Gasteiger partial charge on any atom is -0.497 e. The van der Waals surface area contributed by atoms with E-state index in [1.165, 1.54) is 0 Å². The highest BCUT2D eigenvalue weighted by atomic mass is 32.2. The number of ether oxygens (including phenoxy) is 2. The molecule has 0 N–H and O–H groups in total. The maximum absolute atomic E-state index is 5.75. The number of hydrogen-bond donors (Lipinski definition) is 0. The molecule has 0 spiro atoms. The van der Waals surface area contributed by atoms with Crippen molar-refractivity contribution >= 4 is 11.8 Å². The number of thioether (sulfide) groups is 1. The first-order chi connectivity index (χ1) is 12.7. The van der Waals surface area contributed by atoms with E-state index in [1.807, 2.05) is 35.0 Å². The molecule has 7 heteroatoms. The minimum absolute atomic E-state index is 0.643. The molecule has 0 fully saturated rings. The molecule has 26 heavy (non-hydrogen) atoms. The van der Waals surface area contributed by atoms with Crippen molar-refractivity contribution in [3.8, 4) is 17.2 Å². The number of methoxy groups -OCH3 is 1. The Bertz CT molecular complexity index is 829. The molecular weight excluding hydrogens is 348 g/mol. The van der Waals surface area contributed by atoms with Crippen molar-refractivity contribution < 1.29 is 9.47 Å². The van der Waals surface area contributed by atoms with E-state index in [4.69, 9.17) is 9.47 Å². The Labute approximate surface area is 157 Å². The van der Waals surface area contributed by atoms with Crippen LogP contribution in [-0.4, -0.2) is 39.7 Å². The lowest BCUT2D eigenvalue weighted by atomic mass is 10.1. The molecule has 3 aromatic rings. The maximum atomic E-state index is 5.75. The van der Waals surface area contributed by atoms with Gasteiger partial charge < -0.3 is 9.47 Å². The van der Waals surface area contributed by atoms with Crippen LogP contribution in [0.25, 0.3) is 5.69 Å². The van der Waals surface area contributed by atoms with Crippen LogP contribution in [0.5, 0.6) is 11.5 Å². The molecule has 0 saturated heterocycles. The molecule has 136 valence electrons. The third-order valence-corrected chi connectivity index (χ3v) is 4.95. The van der Waals surface area contributed by atoms with E-state index >= 15 is 0 Å². The average molecular weight is 370 g/mol. The molecule has 0 aliphatic rings. The maximum Gasteiger partial charge on any atom is 0.214 e. The molecule has 0 saturated carbocycles. The average Bonchev–Trinajstić information content (AvgIpc) is 3.10. The summed E-state index contributed by atoms with van der Waals surface area (Å²) in [6.45, 7) is 4.78. The van der Waals surface area contributed by atoms with E-state index in [2.05, 4.69) is 41.5 Å². The number of benzene rings is 2. The lowest BCUT2D eigenvalue weighted by molar-refractivity contribution is 0.318. The summed E-state index contributed by atoms with van der Waals surface area (Å²) >= 11 is 1.63. The van der Waals surface area contributed by atoms with Crippen molar-refractivity contribution in [1.29, 1.82) is 0 Å². The van der Waals surface area contributed by atoms with Crippen LogP contribution in [0.4, 0.5) is 0 Å². The molecule has 0 atom stereocenters. The second-order valence-corrected chi connectivity index (χ2v) is 6.90. The molecule has 3 rings (SSSR count). The van der Waals surface area contributed by atoms with Gasteiger partial charge in [0.2, 0.25) is 5.16 Å². The van der Waals surface area contributed by atoms with Crippen molar-refractivity contribution in [2.75, 3.05) is 19.5 Å². The summed E-state index contributed by atoms with van der Waals surface area (Å²) in [5.41, 5.74) is 3.36. The number of rotatable bonds is 8. The standard InChI is InChI=1S/C19H22N4O2S/c1-14-6-4-7-15(2)18(14)23-19(20-21-22-23)26-13-5-12-25-17-10-8-16(24-3)9-11-17/h4,6-11H,5,12-13H2,1-3H3. The lowest BCUT2D eigenvalue weighted by Crippen LogP contribution is -2.05. The Kier molecular flexibility index (Phi) is 6.12. The molecule has 0 aliphatic carbocycles. The fraction of sp³-hybridized carbons (Fsp3) is 0.316. The number of para-hydroxylation sites is 1. The Morgan fingerprint density at radius 2 is 1.69 bits per heavy atom. The van der Waals surface area contributed by atoms with Gasteiger partial charge in [-0.15, -0.1) is 5.10 Å². The van der Waals surface area contributed by atoms with Crippen LogP contribution in [0.2, 0.25) is 0 Å². The van der Waals surface area contributed by atoms with Crippen LogP contribution in [-0.2, 0) is 0 Å². The van der Waals surface area contributed by atoms with Gasteiger partial charge in [0.1, 0.15) is 11.5 Å². The van der Waals surface area contributed by atoms with Crippen molar-refractivity contribution in [3.05, 3.63) is 53.6 Å². The molecule has 0 aliphatic heterocycles. The molecule has 0 radical (unpaired) electrons. The quantitative estimate of drug-likeness (QED) is 0.443. The van der Waals surface area contributed by atoms with Gasteiger partial charge in [-0.3, -0.25) is 0 Å². The Morgan fingerprint density at radius 1 is 1.00 bits per heavy atom. The van der Waals surface area contributed by atoms with Crippen molar-refractivity contribution in [3.63, 3.8) is 0 Å². The smallest absolute Gasteiger partial charge is 0.214 e. The van der Waals surface area contributed by atoms with Gasteiger partial charge in [0.05, 0.1) is 19.4 Å². The van der Waals surface area contributed by atoms with E-state index in [9.17, 15) is 0 Å². The van der Waals surface area contributed by atoms with Crippen LogP contribution >= 0.6 is 11.8 Å². The highest BCUT2D eigenvalue weighted by molar-refractivity contribution is 7.99. The van der Waals surface area contributed by atoms with E-state index in [0.29, 0.717) is 6.61 Å². The summed E-state index contributed by atoms with van der Waals surface area (Å²) in [5.74, 6) is 2.55. The van der Waals surface area contributed by atoms with E-state index in [1.54, 1.807) is 18.9 Å². The first-order valence-corrected chi connectivity index (χ1v) is 9.42. The summed E-state index contributed by atoms with van der Waals surface area (Å²) in [5, 5.41) is 13.0. The minimum atomic E-state index is 0.643. The van der Waals surface area contributed by atoms with Crippen molar-refractivity contribution in [2.45, 2.75) is 25.4 Å². The van der Waals surface area contributed by atoms with Crippen molar-refractivity contribution in [1.82, 2.24) is 20.2 Å². The summed E-state index contributed by atoms with van der Waals surface area (Å²) < 4.78 is 12.7. The van der Waals surface area contributed by atoms with Crippen LogP contribution in [0.3, 0.4) is 0 Å². The molecule has 6 nitrogen and oxygen atoms in total. The first-order valence-electron chi connectivity index (χ1n) is 8.43. The number of aryl methyl sites for hydroxylation is 2. The Balaban J connectivity index is 1.52. The van der Waals surface area contributed by atoms with Gasteiger partial charge in [0, 0.05) is 5.75 Å². The second kappa shape index (κ2) is 8.71. The van der Waals surface area contributed by atoms with Gasteiger partial charge in [-0.05, 0) is 66.1 Å². The zero-order valence-electron chi connectivity index (χ0n) is 15.2. The van der Waals surface area contributed by atoms with Gasteiger partial charge >= 0.3 is 0 Å². The van der Waals surface area contributed by atoms with E-state index < -0.39 is 0 Å². The predicted octanol–water partition coefficient (Wildman–Crippen LogP) is 3.85. The molecule has 1 aromatic heterocycles. The summed E-state index contributed by atoms with van der Waals surface area (Å²) in [4.78, 5) is 0. The Hall–Kier alpha value is -2.54. The third-order valence-electron chi connectivity index (χ3n) is 3.94. The number of aromatic nitrogens is 4. The SMILES string of the molecule is COc1ccc(OCCCSc2nnnn2-c2c(C)cccc2C)cc1. The van der Waals surface area contributed by atoms with Crippen LogP contribution in [0.1, 0.15) is 17.5 Å². The summed E-state index contributed by atoms with van der Waals surface area (Å²) in [6.07, 6.45) is 0.899. The predicted molar refractivity (Wildman–Crippen MR) is 102 cm³/mol. The largest absolute Gasteiger partial charge is 0.497 e. The monoisotopic (exact) mass is 370 g/mol. The normalized spacial score (nSPS) is 10.7.